The Kier molecular flexibility index (Phi) is 4.47. The third-order valence-electron chi connectivity index (χ3n) is 3.65. The molecule has 2 aromatic rings. The number of anilines is 1. The number of nitrogens with one attached hydrogen (secondary N) is 1. The first-order valence-electron chi connectivity index (χ1n) is 7.79. The minimum absolute atomic E-state index is 0.284. The minimum atomic E-state index is -0.291. The maximum Gasteiger partial charge on any atom is 0.338 e. The fourth-order valence-corrected chi connectivity index (χ4v) is 3.60. The number of hydrogen-bond donors (Lipinski definition) is 1. The summed E-state index contributed by atoms with van der Waals surface area (Å²) in [5, 5.41) is 9.76. The van der Waals surface area contributed by atoms with Gasteiger partial charge in [0.05, 0.1) is 12.2 Å². The van der Waals surface area contributed by atoms with Crippen molar-refractivity contribution in [2.45, 2.75) is 39.7 Å². The molecule has 6 nitrogen and oxygen atoms in total. The number of rotatable bonds is 5. The zero-order valence-electron chi connectivity index (χ0n) is 13.5. The number of carbonyl (C=O) groups excluding carboxylic acids is 1. The Labute approximate surface area is 139 Å². The van der Waals surface area contributed by atoms with E-state index in [9.17, 15) is 4.79 Å². The summed E-state index contributed by atoms with van der Waals surface area (Å²) in [5.41, 5.74) is 1.51. The van der Waals surface area contributed by atoms with Gasteiger partial charge in [-0.2, -0.15) is 10.1 Å². The van der Waals surface area contributed by atoms with Gasteiger partial charge in [-0.1, -0.05) is 19.4 Å². The van der Waals surface area contributed by atoms with Crippen molar-refractivity contribution in [2.75, 3.05) is 11.9 Å². The highest BCUT2D eigenvalue weighted by atomic mass is 32.1. The Balaban J connectivity index is 2.16. The Bertz CT molecular complexity index is 733. The van der Waals surface area contributed by atoms with Gasteiger partial charge in [0.15, 0.2) is 0 Å². The van der Waals surface area contributed by atoms with Gasteiger partial charge in [-0.3, -0.25) is 0 Å². The number of thiophene rings is 1. The molecule has 0 saturated carbocycles. The van der Waals surface area contributed by atoms with Gasteiger partial charge >= 0.3 is 5.97 Å². The fraction of sp³-hybridized carbons (Fsp3) is 0.438. The number of fused-ring (bicyclic) bond motifs is 1. The molecule has 0 bridgehead atoms. The number of aromatic nitrogens is 3. The summed E-state index contributed by atoms with van der Waals surface area (Å²) in [6, 6.07) is 3.71. The van der Waals surface area contributed by atoms with Crippen molar-refractivity contribution in [1.82, 2.24) is 14.8 Å². The van der Waals surface area contributed by atoms with Crippen molar-refractivity contribution < 1.29 is 9.53 Å². The molecular formula is C16H20N4O2S. The monoisotopic (exact) mass is 332 g/mol. The number of hydrogen-bond acceptors (Lipinski definition) is 6. The summed E-state index contributed by atoms with van der Waals surface area (Å²) in [6.07, 6.45) is 1.69. The van der Waals surface area contributed by atoms with Gasteiger partial charge < -0.3 is 10.1 Å². The standard InChI is InChI=1S/C16H20N4O2S/c1-4-7-11-13(15(21)22-5-2)14(12-8-6-9-23-12)20-16(18-11)17-10(3)19-20/h6,8-9,14H,4-5,7H2,1-3H3,(H,17,18,19)/t14-/m0/s1. The summed E-state index contributed by atoms with van der Waals surface area (Å²) >= 11 is 1.60. The molecule has 3 rings (SSSR count). The van der Waals surface area contributed by atoms with E-state index < -0.39 is 0 Å². The van der Waals surface area contributed by atoms with Crippen LogP contribution in [0.5, 0.6) is 0 Å². The van der Waals surface area contributed by atoms with E-state index in [1.807, 2.05) is 31.4 Å². The number of ether oxygens (including phenoxy) is 1. The summed E-state index contributed by atoms with van der Waals surface area (Å²) in [6.45, 7) is 6.10. The number of nitrogens with zero attached hydrogens (tertiary/aromatic N) is 3. The van der Waals surface area contributed by atoms with Gasteiger partial charge in [0, 0.05) is 10.6 Å². The van der Waals surface area contributed by atoms with Crippen LogP contribution < -0.4 is 5.32 Å². The van der Waals surface area contributed by atoms with E-state index in [2.05, 4.69) is 22.3 Å². The van der Waals surface area contributed by atoms with E-state index in [1.165, 1.54) is 0 Å². The van der Waals surface area contributed by atoms with Crippen LogP contribution in [0.15, 0.2) is 28.8 Å². The first-order chi connectivity index (χ1) is 11.2. The summed E-state index contributed by atoms with van der Waals surface area (Å²) in [4.78, 5) is 18.1. The molecule has 0 unspecified atom stereocenters. The Hall–Kier alpha value is -2.15. The fourth-order valence-electron chi connectivity index (χ4n) is 2.79. The van der Waals surface area contributed by atoms with Gasteiger partial charge in [0.25, 0.3) is 0 Å². The Morgan fingerprint density at radius 3 is 2.96 bits per heavy atom. The van der Waals surface area contributed by atoms with Crippen LogP contribution in [0.1, 0.15) is 43.4 Å². The van der Waals surface area contributed by atoms with Crippen molar-refractivity contribution in [3.05, 3.63) is 39.5 Å². The van der Waals surface area contributed by atoms with Crippen LogP contribution in [0.25, 0.3) is 0 Å². The molecule has 1 aliphatic rings. The van der Waals surface area contributed by atoms with Crippen LogP contribution in [0.2, 0.25) is 0 Å². The lowest BCUT2D eigenvalue weighted by Gasteiger charge is -2.28. The quantitative estimate of drug-likeness (QED) is 0.851. The predicted molar refractivity (Wildman–Crippen MR) is 89.4 cm³/mol. The molecule has 0 saturated heterocycles. The first-order valence-corrected chi connectivity index (χ1v) is 8.67. The van der Waals surface area contributed by atoms with Crippen molar-refractivity contribution >= 4 is 23.3 Å². The zero-order valence-corrected chi connectivity index (χ0v) is 14.3. The number of carbonyl (C=O) groups is 1. The third kappa shape index (κ3) is 2.88. The van der Waals surface area contributed by atoms with Crippen molar-refractivity contribution in [1.29, 1.82) is 0 Å². The molecule has 7 heteroatoms. The lowest BCUT2D eigenvalue weighted by atomic mass is 9.99. The van der Waals surface area contributed by atoms with Gasteiger partial charge in [-0.25, -0.2) is 9.48 Å². The van der Waals surface area contributed by atoms with Crippen LogP contribution >= 0.6 is 11.3 Å². The molecule has 0 fully saturated rings. The summed E-state index contributed by atoms with van der Waals surface area (Å²) in [7, 11) is 0. The molecule has 3 heterocycles. The van der Waals surface area contributed by atoms with Crippen LogP contribution in [0, 0.1) is 6.92 Å². The van der Waals surface area contributed by atoms with Crippen molar-refractivity contribution in [2.24, 2.45) is 0 Å². The molecule has 1 atom stereocenters. The van der Waals surface area contributed by atoms with Gasteiger partial charge in [-0.15, -0.1) is 11.3 Å². The Morgan fingerprint density at radius 1 is 1.48 bits per heavy atom. The minimum Gasteiger partial charge on any atom is -0.463 e. The highest BCUT2D eigenvalue weighted by molar-refractivity contribution is 7.10. The van der Waals surface area contributed by atoms with Crippen LogP contribution in [0.3, 0.4) is 0 Å². The number of allylic oxidation sites excluding steroid dienone is 1. The topological polar surface area (TPSA) is 69.0 Å². The van der Waals surface area contributed by atoms with Gasteiger partial charge in [-0.05, 0) is 31.7 Å². The molecule has 122 valence electrons. The Morgan fingerprint density at radius 2 is 2.30 bits per heavy atom. The molecule has 0 amide bonds. The van der Waals surface area contributed by atoms with Crippen LogP contribution in [-0.2, 0) is 9.53 Å². The highest BCUT2D eigenvalue weighted by Gasteiger charge is 2.36. The van der Waals surface area contributed by atoms with E-state index in [-0.39, 0.29) is 12.0 Å². The summed E-state index contributed by atoms with van der Waals surface area (Å²) < 4.78 is 7.10. The van der Waals surface area contributed by atoms with Crippen molar-refractivity contribution in [3.8, 4) is 0 Å². The largest absolute Gasteiger partial charge is 0.463 e. The van der Waals surface area contributed by atoms with E-state index in [0.717, 1.165) is 23.4 Å². The maximum atomic E-state index is 12.6. The molecule has 0 aliphatic carbocycles. The van der Waals surface area contributed by atoms with E-state index in [0.29, 0.717) is 24.0 Å². The van der Waals surface area contributed by atoms with Crippen molar-refractivity contribution in [3.63, 3.8) is 0 Å². The SMILES string of the molecule is CCCC1=C(C(=O)OCC)[C@H](c2cccs2)n2nc(C)nc2N1. The second kappa shape index (κ2) is 6.54. The van der Waals surface area contributed by atoms with Crippen LogP contribution in [0.4, 0.5) is 5.95 Å². The average Bonchev–Trinajstić information content (AvgIpc) is 3.14. The van der Waals surface area contributed by atoms with Gasteiger partial charge in [0.1, 0.15) is 11.9 Å². The normalized spacial score (nSPS) is 16.9. The lowest BCUT2D eigenvalue weighted by molar-refractivity contribution is -0.139. The molecule has 23 heavy (non-hydrogen) atoms. The predicted octanol–water partition coefficient (Wildman–Crippen LogP) is 3.28. The van der Waals surface area contributed by atoms with Gasteiger partial charge in [0.2, 0.25) is 5.95 Å². The second-order valence-corrected chi connectivity index (χ2v) is 6.31. The first kappa shape index (κ1) is 15.7. The highest BCUT2D eigenvalue weighted by Crippen LogP contribution is 2.38. The average molecular weight is 332 g/mol. The smallest absolute Gasteiger partial charge is 0.338 e. The molecule has 0 aromatic carbocycles. The van der Waals surface area contributed by atoms with Crippen LogP contribution in [-0.4, -0.2) is 27.3 Å². The molecule has 2 aromatic heterocycles. The number of esters is 1. The molecular weight excluding hydrogens is 312 g/mol. The molecule has 0 radical (unpaired) electrons. The number of aryl methyl sites for hydroxylation is 1. The molecule has 1 N–H and O–H groups in total. The third-order valence-corrected chi connectivity index (χ3v) is 4.58. The maximum absolute atomic E-state index is 12.6. The lowest BCUT2D eigenvalue weighted by Crippen LogP contribution is -2.30. The molecule has 0 spiro atoms. The van der Waals surface area contributed by atoms with E-state index >= 15 is 0 Å². The van der Waals surface area contributed by atoms with E-state index in [4.69, 9.17) is 4.74 Å². The molecule has 1 aliphatic heterocycles. The zero-order chi connectivity index (χ0) is 16.4. The van der Waals surface area contributed by atoms with E-state index in [1.54, 1.807) is 16.0 Å². The summed E-state index contributed by atoms with van der Waals surface area (Å²) in [5.74, 6) is 1.06. The second-order valence-electron chi connectivity index (χ2n) is 5.33.